The van der Waals surface area contributed by atoms with E-state index < -0.39 is 11.9 Å². The number of aliphatic carboxylic acids is 1. The van der Waals surface area contributed by atoms with Crippen LogP contribution in [0.3, 0.4) is 0 Å². The Morgan fingerprint density at radius 1 is 1.40 bits per heavy atom. The average molecular weight is 216 g/mol. The summed E-state index contributed by atoms with van der Waals surface area (Å²) in [5, 5.41) is 7.60. The number of hydrogen-bond donors (Lipinski definition) is 1. The van der Waals surface area contributed by atoms with Gasteiger partial charge >= 0.3 is 11.9 Å². The second-order valence-electron chi connectivity index (χ2n) is 2.28. The summed E-state index contributed by atoms with van der Waals surface area (Å²) in [5.41, 5.74) is 0.424. The molecule has 0 unspecified atom stereocenters. The van der Waals surface area contributed by atoms with Gasteiger partial charge in [0.25, 0.3) is 0 Å². The predicted molar refractivity (Wildman–Crippen MR) is 55.0 cm³/mol. The maximum atomic E-state index is 10.7. The molecule has 0 fully saturated rings. The molecule has 0 radical (unpaired) electrons. The van der Waals surface area contributed by atoms with Crippen molar-refractivity contribution in [1.29, 1.82) is 0 Å². The Hall–Kier alpha value is -1.62. The summed E-state index contributed by atoms with van der Waals surface area (Å²) in [5.74, 6) is -1.46. The van der Waals surface area contributed by atoms with E-state index in [4.69, 9.17) is 5.11 Å². The highest BCUT2D eigenvalue weighted by atomic mass is 17.2. The molecule has 0 aliphatic rings. The molecule has 0 aromatic heterocycles. The van der Waals surface area contributed by atoms with E-state index in [1.165, 1.54) is 0 Å². The highest BCUT2D eigenvalue weighted by molar-refractivity contribution is 5.87. The minimum absolute atomic E-state index is 0.364. The molecule has 0 saturated heterocycles. The van der Waals surface area contributed by atoms with Crippen molar-refractivity contribution in [2.75, 3.05) is 6.61 Å². The van der Waals surface area contributed by atoms with Gasteiger partial charge in [0.05, 0.1) is 6.61 Å². The van der Waals surface area contributed by atoms with Gasteiger partial charge in [-0.25, -0.2) is 9.59 Å². The maximum Gasteiger partial charge on any atom is 0.368 e. The van der Waals surface area contributed by atoms with E-state index in [2.05, 4.69) is 22.9 Å². The molecule has 5 nitrogen and oxygen atoms in total. The Kier molecular flexibility index (Phi) is 11.0. The topological polar surface area (TPSA) is 72.8 Å². The molecule has 0 atom stereocenters. The third-order valence-electron chi connectivity index (χ3n) is 1.14. The fourth-order valence-corrected chi connectivity index (χ4v) is 0.316. The van der Waals surface area contributed by atoms with Crippen LogP contribution in [0.5, 0.6) is 0 Å². The molecule has 5 heteroatoms. The lowest BCUT2D eigenvalue weighted by atomic mass is 10.2. The van der Waals surface area contributed by atoms with Crippen LogP contribution >= 0.6 is 0 Å². The Bertz CT molecular complexity index is 232. The number of carbonyl (C=O) groups is 2. The summed E-state index contributed by atoms with van der Waals surface area (Å²) in [6, 6.07) is 0. The van der Waals surface area contributed by atoms with E-state index >= 15 is 0 Å². The molecule has 0 bridgehead atoms. The Labute approximate surface area is 88.9 Å². The SMILES string of the molecule is C=C(CC)C(=O)OOCC.C=CC(=O)O. The third-order valence-corrected chi connectivity index (χ3v) is 1.14. The number of hydrogen-bond acceptors (Lipinski definition) is 4. The van der Waals surface area contributed by atoms with Crippen LogP contribution in [0.25, 0.3) is 0 Å². The highest BCUT2D eigenvalue weighted by Crippen LogP contribution is 1.99. The lowest BCUT2D eigenvalue weighted by Gasteiger charge is -2.00. The Balaban J connectivity index is 0. The van der Waals surface area contributed by atoms with Crippen LogP contribution in [-0.4, -0.2) is 23.7 Å². The largest absolute Gasteiger partial charge is 0.478 e. The summed E-state index contributed by atoms with van der Waals surface area (Å²) in [6.07, 6.45) is 1.42. The minimum atomic E-state index is -0.981. The van der Waals surface area contributed by atoms with Crippen molar-refractivity contribution >= 4 is 11.9 Å². The summed E-state index contributed by atoms with van der Waals surface area (Å²) < 4.78 is 0. The average Bonchev–Trinajstić information content (AvgIpc) is 2.25. The zero-order valence-electron chi connectivity index (χ0n) is 8.99. The van der Waals surface area contributed by atoms with Crippen molar-refractivity contribution in [2.45, 2.75) is 20.3 Å². The molecule has 0 heterocycles. The zero-order valence-corrected chi connectivity index (χ0v) is 8.99. The van der Waals surface area contributed by atoms with Crippen molar-refractivity contribution in [3.05, 3.63) is 24.8 Å². The van der Waals surface area contributed by atoms with Crippen LogP contribution in [0, 0.1) is 0 Å². The quantitative estimate of drug-likeness (QED) is 0.430. The van der Waals surface area contributed by atoms with Gasteiger partial charge in [-0.3, -0.25) is 4.89 Å². The minimum Gasteiger partial charge on any atom is -0.478 e. The van der Waals surface area contributed by atoms with Crippen molar-refractivity contribution < 1.29 is 24.5 Å². The number of carbonyl (C=O) groups excluding carboxylic acids is 1. The van der Waals surface area contributed by atoms with Crippen molar-refractivity contribution in [1.82, 2.24) is 0 Å². The van der Waals surface area contributed by atoms with E-state index in [0.29, 0.717) is 18.6 Å². The van der Waals surface area contributed by atoms with Gasteiger partial charge in [-0.1, -0.05) is 20.1 Å². The first kappa shape index (κ1) is 15.8. The van der Waals surface area contributed by atoms with Crippen LogP contribution < -0.4 is 0 Å². The van der Waals surface area contributed by atoms with Gasteiger partial charge in [0.1, 0.15) is 0 Å². The van der Waals surface area contributed by atoms with E-state index in [1.807, 2.05) is 6.92 Å². The lowest BCUT2D eigenvalue weighted by molar-refractivity contribution is -0.265. The van der Waals surface area contributed by atoms with Crippen LogP contribution in [0.15, 0.2) is 24.8 Å². The number of carboxylic acids is 1. The van der Waals surface area contributed by atoms with Crippen LogP contribution in [0.1, 0.15) is 20.3 Å². The van der Waals surface area contributed by atoms with Gasteiger partial charge in [-0.2, -0.15) is 4.89 Å². The van der Waals surface area contributed by atoms with Gasteiger partial charge in [0.2, 0.25) is 0 Å². The van der Waals surface area contributed by atoms with Gasteiger partial charge in [-0.15, -0.1) is 0 Å². The molecule has 0 spiro atoms. The molecule has 86 valence electrons. The third kappa shape index (κ3) is 12.4. The maximum absolute atomic E-state index is 10.7. The molecule has 0 aliphatic heterocycles. The summed E-state index contributed by atoms with van der Waals surface area (Å²) in [4.78, 5) is 28.6. The van der Waals surface area contributed by atoms with E-state index in [1.54, 1.807) is 6.92 Å². The summed E-state index contributed by atoms with van der Waals surface area (Å²) >= 11 is 0. The number of rotatable bonds is 5. The second-order valence-corrected chi connectivity index (χ2v) is 2.28. The molecular weight excluding hydrogens is 200 g/mol. The highest BCUT2D eigenvalue weighted by Gasteiger charge is 2.05. The molecule has 0 saturated carbocycles. The van der Waals surface area contributed by atoms with E-state index in [9.17, 15) is 9.59 Å². The standard InChI is InChI=1S/C7H12O3.C3H4O2/c1-4-6(3)7(8)10-9-5-2;1-2-3(4)5/h3-5H2,1-2H3;2H,1H2,(H,4,5). The fourth-order valence-electron chi connectivity index (χ4n) is 0.316. The van der Waals surface area contributed by atoms with Crippen LogP contribution in [-0.2, 0) is 19.4 Å². The molecule has 1 N–H and O–H groups in total. The summed E-state index contributed by atoms with van der Waals surface area (Å²) in [6.45, 7) is 10.4. The smallest absolute Gasteiger partial charge is 0.368 e. The molecule has 0 aliphatic carbocycles. The molecule has 0 aromatic carbocycles. The molecule has 0 amide bonds. The number of carboxylic acid groups (broad SMARTS) is 1. The van der Waals surface area contributed by atoms with Crippen LogP contribution in [0.4, 0.5) is 0 Å². The van der Waals surface area contributed by atoms with Gasteiger partial charge in [-0.05, 0) is 13.3 Å². The van der Waals surface area contributed by atoms with Crippen molar-refractivity contribution in [3.63, 3.8) is 0 Å². The van der Waals surface area contributed by atoms with Gasteiger partial charge in [0.15, 0.2) is 0 Å². The first-order chi connectivity index (χ1) is 6.99. The van der Waals surface area contributed by atoms with Crippen LogP contribution in [0.2, 0.25) is 0 Å². The van der Waals surface area contributed by atoms with E-state index in [0.717, 1.165) is 6.08 Å². The molecule has 0 aromatic rings. The van der Waals surface area contributed by atoms with E-state index in [-0.39, 0.29) is 0 Å². The first-order valence-corrected chi connectivity index (χ1v) is 4.36. The molecule has 15 heavy (non-hydrogen) atoms. The van der Waals surface area contributed by atoms with Crippen molar-refractivity contribution in [3.8, 4) is 0 Å². The first-order valence-electron chi connectivity index (χ1n) is 4.36. The normalized spacial score (nSPS) is 8.13. The van der Waals surface area contributed by atoms with Gasteiger partial charge in [0, 0.05) is 11.6 Å². The zero-order chi connectivity index (χ0) is 12.3. The Morgan fingerprint density at radius 3 is 2.13 bits per heavy atom. The van der Waals surface area contributed by atoms with Gasteiger partial charge < -0.3 is 5.11 Å². The van der Waals surface area contributed by atoms with Crippen molar-refractivity contribution in [2.24, 2.45) is 0 Å². The lowest BCUT2D eigenvalue weighted by Crippen LogP contribution is -2.06. The fraction of sp³-hybridized carbons (Fsp3) is 0.400. The Morgan fingerprint density at radius 2 is 1.87 bits per heavy atom. The molecule has 0 rings (SSSR count). The second kappa shape index (κ2) is 10.5. The summed E-state index contributed by atoms with van der Waals surface area (Å²) in [7, 11) is 0. The monoisotopic (exact) mass is 216 g/mol. The predicted octanol–water partition coefficient (Wildman–Crippen LogP) is 1.70. The molecular formula is C10H16O5.